The molecule has 1 aromatic carbocycles. The maximum absolute atomic E-state index is 13.1. The van der Waals surface area contributed by atoms with E-state index in [-0.39, 0.29) is 29.6 Å². The van der Waals surface area contributed by atoms with E-state index in [2.05, 4.69) is 17.3 Å². The van der Waals surface area contributed by atoms with Crippen LogP contribution in [0.15, 0.2) is 24.3 Å². The number of rotatable bonds is 4. The quantitative estimate of drug-likeness (QED) is 0.850. The minimum absolute atomic E-state index is 0.0104. The molecule has 0 unspecified atom stereocenters. The van der Waals surface area contributed by atoms with Crippen LogP contribution in [-0.2, 0) is 9.84 Å². The average molecular weight is 403 g/mol. The highest BCUT2D eigenvalue weighted by atomic mass is 32.2. The van der Waals surface area contributed by atoms with Crippen LogP contribution in [-0.4, -0.2) is 47.1 Å². The second kappa shape index (κ2) is 6.92. The largest absolute Gasteiger partial charge is 0.361 e. The number of amides is 1. The summed E-state index contributed by atoms with van der Waals surface area (Å²) >= 11 is 0. The molecule has 2 atom stereocenters. The fourth-order valence-corrected chi connectivity index (χ4v) is 6.08. The van der Waals surface area contributed by atoms with Crippen LogP contribution in [0.5, 0.6) is 0 Å². The molecule has 1 fully saturated rings. The van der Waals surface area contributed by atoms with Crippen molar-refractivity contribution in [2.45, 2.75) is 45.8 Å². The molecule has 0 bridgehead atoms. The predicted molar refractivity (Wildman–Crippen MR) is 108 cm³/mol. The Bertz CT molecular complexity index is 1030. The van der Waals surface area contributed by atoms with Gasteiger partial charge in [-0.1, -0.05) is 19.1 Å². The molecule has 0 radical (unpaired) electrons. The number of para-hydroxylation sites is 1. The molecular weight excluding hydrogens is 376 g/mol. The second-order valence-corrected chi connectivity index (χ2v) is 9.91. The molecule has 28 heavy (non-hydrogen) atoms. The number of carbonyl (C=O) groups excluding carboxylic acids is 1. The van der Waals surface area contributed by atoms with Gasteiger partial charge in [0.05, 0.1) is 28.8 Å². The van der Waals surface area contributed by atoms with Crippen LogP contribution in [0.4, 0.5) is 5.69 Å². The maximum atomic E-state index is 13.1. The summed E-state index contributed by atoms with van der Waals surface area (Å²) < 4.78 is 25.7. The smallest absolute Gasteiger partial charge is 0.257 e. The van der Waals surface area contributed by atoms with E-state index in [0.29, 0.717) is 18.5 Å². The molecule has 0 aliphatic carbocycles. The Morgan fingerprint density at radius 3 is 2.68 bits per heavy atom. The highest BCUT2D eigenvalue weighted by molar-refractivity contribution is 7.91. The van der Waals surface area contributed by atoms with E-state index in [4.69, 9.17) is 0 Å². The Hall–Kier alpha value is -2.35. The number of hydrogen-bond donors (Lipinski definition) is 1. The molecule has 1 aromatic heterocycles. The number of nitrogens with zero attached hydrogens (tertiary/aromatic N) is 3. The Morgan fingerprint density at radius 1 is 1.25 bits per heavy atom. The van der Waals surface area contributed by atoms with Crippen LogP contribution in [0, 0.1) is 13.8 Å². The summed E-state index contributed by atoms with van der Waals surface area (Å²) in [6, 6.07) is 7.41. The van der Waals surface area contributed by atoms with Gasteiger partial charge in [0.25, 0.3) is 5.91 Å². The molecule has 1 amide bonds. The van der Waals surface area contributed by atoms with Gasteiger partial charge in [0, 0.05) is 23.5 Å². The monoisotopic (exact) mass is 402 g/mol. The van der Waals surface area contributed by atoms with Crippen LogP contribution in [0.1, 0.15) is 59.3 Å². The predicted octanol–water partition coefficient (Wildman–Crippen LogP) is 2.84. The van der Waals surface area contributed by atoms with Crippen molar-refractivity contribution in [2.24, 2.45) is 0 Å². The van der Waals surface area contributed by atoms with Crippen molar-refractivity contribution in [1.29, 1.82) is 0 Å². The summed E-state index contributed by atoms with van der Waals surface area (Å²) in [5, 5.41) is 8.20. The highest BCUT2D eigenvalue weighted by Gasteiger charge is 2.37. The molecule has 4 rings (SSSR count). The molecule has 0 spiro atoms. The van der Waals surface area contributed by atoms with E-state index in [1.807, 2.05) is 47.7 Å². The number of hydrogen-bond acceptors (Lipinski definition) is 5. The summed E-state index contributed by atoms with van der Waals surface area (Å²) in [5.74, 6) is 0.351. The van der Waals surface area contributed by atoms with Crippen LogP contribution in [0.2, 0.25) is 0 Å². The minimum Gasteiger partial charge on any atom is -0.361 e. The summed E-state index contributed by atoms with van der Waals surface area (Å²) in [5.41, 5.74) is 4.20. The maximum Gasteiger partial charge on any atom is 0.257 e. The molecule has 1 saturated heterocycles. The number of benzene rings is 1. The number of anilines is 1. The molecule has 2 aromatic rings. The zero-order valence-corrected chi connectivity index (χ0v) is 17.3. The summed E-state index contributed by atoms with van der Waals surface area (Å²) in [6.07, 6.45) is 1.12. The van der Waals surface area contributed by atoms with Gasteiger partial charge in [-0.25, -0.2) is 8.42 Å². The van der Waals surface area contributed by atoms with E-state index >= 15 is 0 Å². The third-order valence-corrected chi connectivity index (χ3v) is 7.45. The van der Waals surface area contributed by atoms with Gasteiger partial charge in [-0.3, -0.25) is 9.48 Å². The zero-order chi connectivity index (χ0) is 20.1. The SMILES string of the molecule is CCCN1C(=O)c2ccccc2N[C@H]1c1c(C)nn([C@H]2CCS(=O)(=O)C2)c1C. The van der Waals surface area contributed by atoms with Gasteiger partial charge < -0.3 is 10.2 Å². The fraction of sp³-hybridized carbons (Fsp3) is 0.500. The minimum atomic E-state index is -3.00. The molecule has 2 aliphatic heterocycles. The molecule has 1 N–H and O–H groups in total. The first-order chi connectivity index (χ1) is 13.3. The zero-order valence-electron chi connectivity index (χ0n) is 16.5. The lowest BCUT2D eigenvalue weighted by atomic mass is 10.0. The lowest BCUT2D eigenvalue weighted by Crippen LogP contribution is -2.43. The molecular formula is C20H26N4O3S. The van der Waals surface area contributed by atoms with Gasteiger partial charge in [-0.2, -0.15) is 5.10 Å². The lowest BCUT2D eigenvalue weighted by molar-refractivity contribution is 0.0682. The number of aromatic nitrogens is 2. The summed E-state index contributed by atoms with van der Waals surface area (Å²) in [4.78, 5) is 15.0. The van der Waals surface area contributed by atoms with Crippen molar-refractivity contribution in [3.05, 3.63) is 46.8 Å². The van der Waals surface area contributed by atoms with Gasteiger partial charge in [0.1, 0.15) is 6.17 Å². The van der Waals surface area contributed by atoms with Crippen molar-refractivity contribution in [3.8, 4) is 0 Å². The molecule has 2 aliphatic rings. The topological polar surface area (TPSA) is 84.3 Å². The van der Waals surface area contributed by atoms with Crippen molar-refractivity contribution in [3.63, 3.8) is 0 Å². The first-order valence-corrected chi connectivity index (χ1v) is 11.6. The highest BCUT2D eigenvalue weighted by Crippen LogP contribution is 2.37. The summed E-state index contributed by atoms with van der Waals surface area (Å²) in [6.45, 7) is 6.58. The van der Waals surface area contributed by atoms with Crippen LogP contribution >= 0.6 is 0 Å². The number of carbonyl (C=O) groups is 1. The molecule has 150 valence electrons. The summed E-state index contributed by atoms with van der Waals surface area (Å²) in [7, 11) is -3.00. The van der Waals surface area contributed by atoms with Gasteiger partial charge >= 0.3 is 0 Å². The Balaban J connectivity index is 1.76. The number of aryl methyl sites for hydroxylation is 1. The Kier molecular flexibility index (Phi) is 4.69. The molecule has 0 saturated carbocycles. The Labute approximate surface area is 165 Å². The first kappa shape index (κ1) is 19.0. The van der Waals surface area contributed by atoms with Gasteiger partial charge in [-0.05, 0) is 38.8 Å². The normalized spacial score (nSPS) is 23.5. The average Bonchev–Trinajstić information content (AvgIpc) is 3.16. The number of fused-ring (bicyclic) bond motifs is 1. The van der Waals surface area contributed by atoms with E-state index in [1.165, 1.54) is 0 Å². The van der Waals surface area contributed by atoms with E-state index < -0.39 is 9.84 Å². The fourth-order valence-electron chi connectivity index (χ4n) is 4.39. The van der Waals surface area contributed by atoms with Crippen LogP contribution in [0.25, 0.3) is 0 Å². The van der Waals surface area contributed by atoms with Crippen LogP contribution < -0.4 is 5.32 Å². The van der Waals surface area contributed by atoms with Crippen molar-refractivity contribution in [2.75, 3.05) is 23.4 Å². The first-order valence-electron chi connectivity index (χ1n) is 9.75. The third-order valence-electron chi connectivity index (χ3n) is 5.70. The molecule has 3 heterocycles. The molecule has 8 heteroatoms. The second-order valence-electron chi connectivity index (χ2n) is 7.68. The van der Waals surface area contributed by atoms with Gasteiger partial charge in [-0.15, -0.1) is 0 Å². The number of nitrogens with one attached hydrogen (secondary N) is 1. The molecule has 7 nitrogen and oxygen atoms in total. The Morgan fingerprint density at radius 2 is 2.00 bits per heavy atom. The standard InChI is InChI=1S/C20H26N4O3S/c1-4-10-23-19(21-17-8-6-5-7-16(17)20(23)25)18-13(2)22-24(14(18)3)15-9-11-28(26,27)12-15/h5-8,15,19,21H,4,9-12H2,1-3H3/t15-,19+/m0/s1. The van der Waals surface area contributed by atoms with Gasteiger partial charge in [0.15, 0.2) is 9.84 Å². The van der Waals surface area contributed by atoms with Crippen molar-refractivity contribution in [1.82, 2.24) is 14.7 Å². The van der Waals surface area contributed by atoms with E-state index in [1.54, 1.807) is 0 Å². The van der Waals surface area contributed by atoms with Gasteiger partial charge in [0.2, 0.25) is 0 Å². The van der Waals surface area contributed by atoms with E-state index in [9.17, 15) is 13.2 Å². The number of sulfone groups is 1. The van der Waals surface area contributed by atoms with Crippen molar-refractivity contribution < 1.29 is 13.2 Å². The van der Waals surface area contributed by atoms with E-state index in [0.717, 1.165) is 29.1 Å². The van der Waals surface area contributed by atoms with Crippen LogP contribution in [0.3, 0.4) is 0 Å². The third kappa shape index (κ3) is 3.09. The lowest BCUT2D eigenvalue weighted by Gasteiger charge is -2.38. The van der Waals surface area contributed by atoms with Crippen molar-refractivity contribution >= 4 is 21.4 Å².